The quantitative estimate of drug-likeness (QED) is 0.453. The van der Waals surface area contributed by atoms with Crippen LogP contribution in [0.15, 0.2) is 0 Å². The van der Waals surface area contributed by atoms with E-state index >= 15 is 0 Å². The van der Waals surface area contributed by atoms with E-state index < -0.39 is 12.0 Å². The lowest BCUT2D eigenvalue weighted by molar-refractivity contribution is -0.137. The van der Waals surface area contributed by atoms with Crippen LogP contribution in [0.25, 0.3) is 0 Å². The van der Waals surface area contributed by atoms with Gasteiger partial charge in [0.05, 0.1) is 0 Å². The molecule has 0 bridgehead atoms. The molecule has 0 heterocycles. The van der Waals surface area contributed by atoms with Crippen molar-refractivity contribution in [3.63, 3.8) is 0 Å². The average Bonchev–Trinajstić information content (AvgIpc) is 1.69. The second-order valence-corrected chi connectivity index (χ2v) is 1.18. The van der Waals surface area contributed by atoms with Crippen molar-refractivity contribution in [2.75, 3.05) is 7.05 Å². The van der Waals surface area contributed by atoms with Crippen LogP contribution in [0.5, 0.6) is 0 Å². The number of nitrogens with one attached hydrogen (secondary N) is 1. The summed E-state index contributed by atoms with van der Waals surface area (Å²) in [6, 6.07) is -1.19. The molecule has 4 nitrogen and oxygen atoms in total. The van der Waals surface area contributed by atoms with Gasteiger partial charge in [-0.1, -0.05) is 0 Å². The fourth-order valence-corrected chi connectivity index (χ4v) is 0.233. The smallest absolute Gasteiger partial charge is 0.328 e. The summed E-state index contributed by atoms with van der Waals surface area (Å²) in [5.74, 6) is -1.21. The van der Waals surface area contributed by atoms with Gasteiger partial charge in [0.25, 0.3) is 0 Å². The van der Waals surface area contributed by atoms with Crippen LogP contribution in [0.1, 0.15) is 0 Å². The number of aliphatic carboxylic acids is 1. The van der Waals surface area contributed by atoms with Gasteiger partial charge < -0.3 is 10.4 Å². The molecule has 0 aliphatic heterocycles. The van der Waals surface area contributed by atoms with Crippen LogP contribution in [0, 0.1) is 0 Å². The molecule has 0 aliphatic rings. The van der Waals surface area contributed by atoms with Crippen molar-refractivity contribution in [1.29, 1.82) is 0 Å². The summed E-state index contributed by atoms with van der Waals surface area (Å²) in [7, 11) is 1.38. The Balaban J connectivity index is 3.69. The van der Waals surface area contributed by atoms with E-state index in [-0.39, 0.29) is 0 Å². The van der Waals surface area contributed by atoms with E-state index in [1.54, 1.807) is 0 Å². The van der Waals surface area contributed by atoms with Gasteiger partial charge in [-0.3, -0.25) is 9.59 Å². The standard InChI is InChI=1S/C4H6NO3/c1-5-3(2-6)4(7)8/h3,5H,1H3,(H,7,8). The van der Waals surface area contributed by atoms with Crippen LogP contribution in [0.3, 0.4) is 0 Å². The number of carboxylic acids is 1. The number of carbonyl (C=O) groups excluding carboxylic acids is 1. The number of carbonyl (C=O) groups is 1. The van der Waals surface area contributed by atoms with E-state index in [2.05, 4.69) is 5.32 Å². The molecule has 1 unspecified atom stereocenters. The molecule has 0 aromatic rings. The van der Waals surface area contributed by atoms with E-state index in [1.165, 1.54) is 13.3 Å². The van der Waals surface area contributed by atoms with E-state index in [1.807, 2.05) is 0 Å². The second kappa shape index (κ2) is 3.15. The average molecular weight is 116 g/mol. The van der Waals surface area contributed by atoms with Crippen LogP contribution in [0.4, 0.5) is 0 Å². The molecule has 0 fully saturated rings. The summed E-state index contributed by atoms with van der Waals surface area (Å²) in [5.41, 5.74) is 0. The van der Waals surface area contributed by atoms with Gasteiger partial charge in [-0.25, -0.2) is 0 Å². The lowest BCUT2D eigenvalue weighted by Crippen LogP contribution is -2.34. The molecular weight excluding hydrogens is 110 g/mol. The van der Waals surface area contributed by atoms with Crippen LogP contribution >= 0.6 is 0 Å². The maximum absolute atomic E-state index is 9.84. The van der Waals surface area contributed by atoms with Crippen LogP contribution in [0.2, 0.25) is 0 Å². The summed E-state index contributed by atoms with van der Waals surface area (Å²) in [4.78, 5) is 19.4. The minimum Gasteiger partial charge on any atom is -0.480 e. The summed E-state index contributed by atoms with van der Waals surface area (Å²) in [6.45, 7) is 0. The molecule has 4 heteroatoms. The Kier molecular flexibility index (Phi) is 2.79. The molecular formula is C4H6NO3. The van der Waals surface area contributed by atoms with Gasteiger partial charge in [0.15, 0.2) is 6.04 Å². The summed E-state index contributed by atoms with van der Waals surface area (Å²) >= 11 is 0. The third kappa shape index (κ3) is 1.70. The van der Waals surface area contributed by atoms with Gasteiger partial charge in [0.1, 0.15) is 0 Å². The van der Waals surface area contributed by atoms with Gasteiger partial charge in [-0.15, -0.1) is 0 Å². The highest BCUT2D eigenvalue weighted by Gasteiger charge is 2.12. The van der Waals surface area contributed by atoms with Crippen LogP contribution in [-0.2, 0) is 9.59 Å². The topological polar surface area (TPSA) is 66.4 Å². The Hall–Kier alpha value is -0.900. The summed E-state index contributed by atoms with van der Waals surface area (Å²) in [6.07, 6.45) is 1.29. The lowest BCUT2D eigenvalue weighted by Gasteiger charge is -1.97. The molecule has 0 saturated heterocycles. The van der Waals surface area contributed by atoms with Crippen LogP contribution in [-0.4, -0.2) is 30.5 Å². The van der Waals surface area contributed by atoms with Crippen molar-refractivity contribution in [1.82, 2.24) is 5.32 Å². The Morgan fingerprint density at radius 2 is 2.38 bits per heavy atom. The van der Waals surface area contributed by atoms with E-state index in [0.717, 1.165) is 0 Å². The molecule has 0 aromatic carbocycles. The number of likely N-dealkylation sites (N-methyl/N-ethyl adjacent to an activating group) is 1. The molecule has 0 aromatic heterocycles. The molecule has 0 rings (SSSR count). The Morgan fingerprint density at radius 1 is 1.88 bits per heavy atom. The van der Waals surface area contributed by atoms with Gasteiger partial charge in [-0.2, -0.15) is 0 Å². The summed E-state index contributed by atoms with van der Waals surface area (Å²) in [5, 5.41) is 10.3. The predicted molar refractivity (Wildman–Crippen MR) is 26.2 cm³/mol. The molecule has 1 atom stereocenters. The molecule has 2 N–H and O–H groups in total. The van der Waals surface area contributed by atoms with Crippen molar-refractivity contribution in [3.05, 3.63) is 0 Å². The Morgan fingerprint density at radius 3 is 2.38 bits per heavy atom. The Labute approximate surface area is 46.5 Å². The highest BCUT2D eigenvalue weighted by Crippen LogP contribution is 1.72. The maximum atomic E-state index is 9.84. The van der Waals surface area contributed by atoms with Crippen molar-refractivity contribution in [3.8, 4) is 0 Å². The first-order valence-corrected chi connectivity index (χ1v) is 2.00. The molecule has 0 aliphatic carbocycles. The third-order valence-corrected chi connectivity index (χ3v) is 0.653. The first kappa shape index (κ1) is 7.10. The van der Waals surface area contributed by atoms with Crippen molar-refractivity contribution < 1.29 is 14.7 Å². The zero-order chi connectivity index (χ0) is 6.57. The molecule has 0 saturated carbocycles. The van der Waals surface area contributed by atoms with E-state index in [0.29, 0.717) is 0 Å². The molecule has 8 heavy (non-hydrogen) atoms. The number of hydrogen-bond donors (Lipinski definition) is 2. The van der Waals surface area contributed by atoms with Crippen molar-refractivity contribution in [2.45, 2.75) is 6.04 Å². The number of hydrogen-bond acceptors (Lipinski definition) is 3. The molecule has 0 spiro atoms. The fourth-order valence-electron chi connectivity index (χ4n) is 0.233. The second-order valence-electron chi connectivity index (χ2n) is 1.18. The van der Waals surface area contributed by atoms with Gasteiger partial charge in [-0.05, 0) is 7.05 Å². The van der Waals surface area contributed by atoms with Gasteiger partial charge in [0, 0.05) is 0 Å². The minimum absolute atomic E-state index is 1.19. The number of carboxylic acid groups (broad SMARTS) is 1. The largest absolute Gasteiger partial charge is 0.480 e. The monoisotopic (exact) mass is 116 g/mol. The van der Waals surface area contributed by atoms with E-state index in [4.69, 9.17) is 5.11 Å². The first-order valence-electron chi connectivity index (χ1n) is 2.00. The van der Waals surface area contributed by atoms with E-state index in [9.17, 15) is 9.59 Å². The number of rotatable bonds is 3. The van der Waals surface area contributed by atoms with Gasteiger partial charge >= 0.3 is 5.97 Å². The zero-order valence-corrected chi connectivity index (χ0v) is 4.34. The highest BCUT2D eigenvalue weighted by molar-refractivity contribution is 5.90. The zero-order valence-electron chi connectivity index (χ0n) is 4.34. The first-order chi connectivity index (χ1) is 3.72. The molecule has 1 radical (unpaired) electrons. The minimum atomic E-state index is -1.21. The maximum Gasteiger partial charge on any atom is 0.328 e. The highest BCUT2D eigenvalue weighted by atomic mass is 16.4. The molecule has 45 valence electrons. The van der Waals surface area contributed by atoms with Gasteiger partial charge in [0.2, 0.25) is 6.29 Å². The third-order valence-electron chi connectivity index (χ3n) is 0.653. The van der Waals surface area contributed by atoms with Crippen molar-refractivity contribution >= 4 is 12.3 Å². The fraction of sp³-hybridized carbons (Fsp3) is 0.500. The summed E-state index contributed by atoms with van der Waals surface area (Å²) < 4.78 is 0. The Bertz CT molecular complexity index is 101. The molecule has 0 amide bonds. The normalized spacial score (nSPS) is 12.6. The SMILES string of the molecule is CNC([C]=O)C(=O)O. The lowest BCUT2D eigenvalue weighted by atomic mass is 10.3. The predicted octanol–water partition coefficient (Wildman–Crippen LogP) is -1.23. The van der Waals surface area contributed by atoms with Crippen LogP contribution < -0.4 is 5.32 Å². The van der Waals surface area contributed by atoms with Crippen molar-refractivity contribution in [2.24, 2.45) is 0 Å².